The summed E-state index contributed by atoms with van der Waals surface area (Å²) in [5, 5.41) is 9.12. The van der Waals surface area contributed by atoms with Gasteiger partial charge in [-0.3, -0.25) is 4.79 Å². The van der Waals surface area contributed by atoms with Crippen LogP contribution in [0.2, 0.25) is 0 Å². The highest BCUT2D eigenvalue weighted by atomic mass is 16.5. The summed E-state index contributed by atoms with van der Waals surface area (Å²) in [5.74, 6) is 0.234. The van der Waals surface area contributed by atoms with Crippen LogP contribution < -0.4 is 4.74 Å². The Balaban J connectivity index is 2.38. The molecule has 2 rings (SSSR count). The van der Waals surface area contributed by atoms with Crippen molar-refractivity contribution < 1.29 is 9.53 Å². The molecule has 0 saturated heterocycles. The molecule has 2 aromatic carbocycles. The molecule has 21 heavy (non-hydrogen) atoms. The van der Waals surface area contributed by atoms with Gasteiger partial charge in [-0.2, -0.15) is 5.26 Å². The molecule has 0 bridgehead atoms. The van der Waals surface area contributed by atoms with Crippen LogP contribution in [0.1, 0.15) is 17.2 Å². The molecule has 0 unspecified atom stereocenters. The Bertz CT molecular complexity index is 660. The zero-order valence-electron chi connectivity index (χ0n) is 12.0. The van der Waals surface area contributed by atoms with Gasteiger partial charge in [0.15, 0.2) is 0 Å². The molecule has 0 aliphatic heterocycles. The second-order valence-electron chi connectivity index (χ2n) is 4.75. The lowest BCUT2D eigenvalue weighted by Gasteiger charge is -2.22. The van der Waals surface area contributed by atoms with Crippen LogP contribution >= 0.6 is 0 Å². The van der Waals surface area contributed by atoms with E-state index >= 15 is 0 Å². The monoisotopic (exact) mass is 280 g/mol. The average molecular weight is 280 g/mol. The van der Waals surface area contributed by atoms with E-state index in [4.69, 9.17) is 10.00 Å². The maximum atomic E-state index is 12.4. The third-order valence-corrected chi connectivity index (χ3v) is 3.02. The molecule has 0 heterocycles. The van der Waals surface area contributed by atoms with Gasteiger partial charge < -0.3 is 9.64 Å². The normalized spacial score (nSPS) is 11.3. The fourth-order valence-corrected chi connectivity index (χ4v) is 1.91. The number of benzene rings is 2. The first-order valence-electron chi connectivity index (χ1n) is 6.55. The molecule has 106 valence electrons. The highest BCUT2D eigenvalue weighted by molar-refractivity contribution is 5.82. The molecule has 0 fully saturated rings. The molecular weight excluding hydrogens is 264 g/mol. The van der Waals surface area contributed by atoms with Crippen molar-refractivity contribution in [2.24, 2.45) is 0 Å². The van der Waals surface area contributed by atoms with E-state index in [9.17, 15) is 4.79 Å². The van der Waals surface area contributed by atoms with Crippen molar-refractivity contribution in [2.75, 3.05) is 14.1 Å². The van der Waals surface area contributed by atoms with Crippen molar-refractivity contribution in [2.45, 2.75) is 6.10 Å². The van der Waals surface area contributed by atoms with Gasteiger partial charge in [0.05, 0.1) is 5.56 Å². The molecule has 0 N–H and O–H groups in total. The molecule has 0 spiro atoms. The molecule has 0 aliphatic rings. The Kier molecular flexibility index (Phi) is 4.57. The van der Waals surface area contributed by atoms with E-state index in [-0.39, 0.29) is 5.91 Å². The minimum Gasteiger partial charge on any atom is -0.474 e. The van der Waals surface area contributed by atoms with Crippen LogP contribution in [0.3, 0.4) is 0 Å². The van der Waals surface area contributed by atoms with Crippen LogP contribution in [0.15, 0.2) is 54.6 Å². The summed E-state index contributed by atoms with van der Waals surface area (Å²) in [7, 11) is 3.36. The predicted octanol–water partition coefficient (Wildman–Crippen LogP) is 2.77. The summed E-state index contributed by atoms with van der Waals surface area (Å²) < 4.78 is 5.83. The first-order valence-corrected chi connectivity index (χ1v) is 6.55. The van der Waals surface area contributed by atoms with Crippen LogP contribution in [-0.2, 0) is 4.79 Å². The maximum absolute atomic E-state index is 12.4. The van der Waals surface area contributed by atoms with Gasteiger partial charge in [0.2, 0.25) is 6.10 Å². The third kappa shape index (κ3) is 3.40. The van der Waals surface area contributed by atoms with E-state index in [1.807, 2.05) is 30.3 Å². The molecule has 4 heteroatoms. The van der Waals surface area contributed by atoms with Crippen molar-refractivity contribution in [1.82, 2.24) is 4.90 Å². The largest absolute Gasteiger partial charge is 0.474 e. The van der Waals surface area contributed by atoms with Crippen molar-refractivity contribution in [3.8, 4) is 11.8 Å². The number of nitriles is 1. The summed E-state index contributed by atoms with van der Waals surface area (Å²) in [4.78, 5) is 13.8. The maximum Gasteiger partial charge on any atom is 0.267 e. The van der Waals surface area contributed by atoms with Gasteiger partial charge in [-0.1, -0.05) is 42.5 Å². The molecule has 1 amide bonds. The number of nitrogens with zero attached hydrogens (tertiary/aromatic N) is 2. The quantitative estimate of drug-likeness (QED) is 0.865. The summed E-state index contributed by atoms with van der Waals surface area (Å²) >= 11 is 0. The van der Waals surface area contributed by atoms with Gasteiger partial charge in [-0.15, -0.1) is 0 Å². The van der Waals surface area contributed by atoms with Crippen LogP contribution in [-0.4, -0.2) is 24.9 Å². The molecule has 4 nitrogen and oxygen atoms in total. The van der Waals surface area contributed by atoms with Gasteiger partial charge in [0.25, 0.3) is 5.91 Å². The molecule has 0 aromatic heterocycles. The van der Waals surface area contributed by atoms with E-state index < -0.39 is 6.10 Å². The third-order valence-electron chi connectivity index (χ3n) is 3.02. The summed E-state index contributed by atoms with van der Waals surface area (Å²) in [6.45, 7) is 0. The minimum atomic E-state index is -0.768. The zero-order valence-corrected chi connectivity index (χ0v) is 12.0. The summed E-state index contributed by atoms with van der Waals surface area (Å²) in [6.07, 6.45) is -0.768. The van der Waals surface area contributed by atoms with Crippen LogP contribution in [0.25, 0.3) is 0 Å². The Morgan fingerprint density at radius 3 is 2.33 bits per heavy atom. The number of carbonyl (C=O) groups is 1. The van der Waals surface area contributed by atoms with Gasteiger partial charge >= 0.3 is 0 Å². The number of ether oxygens (including phenoxy) is 1. The number of rotatable bonds is 4. The number of carbonyl (C=O) groups excluding carboxylic acids is 1. The van der Waals surface area contributed by atoms with Crippen LogP contribution in [0.5, 0.6) is 5.75 Å². The fraction of sp³-hybridized carbons (Fsp3) is 0.176. The fourth-order valence-electron chi connectivity index (χ4n) is 1.91. The minimum absolute atomic E-state index is 0.172. The lowest BCUT2D eigenvalue weighted by molar-refractivity contribution is -0.136. The Morgan fingerprint density at radius 2 is 1.71 bits per heavy atom. The Morgan fingerprint density at radius 1 is 1.10 bits per heavy atom. The van der Waals surface area contributed by atoms with Crippen molar-refractivity contribution in [3.05, 3.63) is 65.7 Å². The smallest absolute Gasteiger partial charge is 0.267 e. The summed E-state index contributed by atoms with van der Waals surface area (Å²) in [5.41, 5.74) is 1.16. The molecule has 1 atom stereocenters. The zero-order chi connectivity index (χ0) is 15.2. The standard InChI is InChI=1S/C17H16N2O2/c1-19(2)17(20)16(13-8-4-3-5-9-13)21-15-11-7-6-10-14(15)12-18/h3-11,16H,1-2H3/t16-/m1/s1. The lowest BCUT2D eigenvalue weighted by atomic mass is 10.1. The lowest BCUT2D eigenvalue weighted by Crippen LogP contribution is -2.31. The first kappa shape index (κ1) is 14.6. The number of hydrogen-bond acceptors (Lipinski definition) is 3. The van der Waals surface area contributed by atoms with Crippen LogP contribution in [0, 0.1) is 11.3 Å². The number of amides is 1. The van der Waals surface area contributed by atoms with Crippen molar-refractivity contribution >= 4 is 5.91 Å². The first-order chi connectivity index (χ1) is 10.1. The van der Waals surface area contributed by atoms with Crippen molar-refractivity contribution in [1.29, 1.82) is 5.26 Å². The van der Waals surface area contributed by atoms with Gasteiger partial charge in [-0.25, -0.2) is 0 Å². The molecule has 0 radical (unpaired) electrons. The topological polar surface area (TPSA) is 53.3 Å². The Hall–Kier alpha value is -2.80. The van der Waals surface area contributed by atoms with Gasteiger partial charge in [0.1, 0.15) is 11.8 Å². The number of hydrogen-bond donors (Lipinski definition) is 0. The predicted molar refractivity (Wildman–Crippen MR) is 79.7 cm³/mol. The molecular formula is C17H16N2O2. The van der Waals surface area contributed by atoms with E-state index in [2.05, 4.69) is 6.07 Å². The van der Waals surface area contributed by atoms with E-state index in [0.29, 0.717) is 11.3 Å². The van der Waals surface area contributed by atoms with E-state index in [0.717, 1.165) is 5.56 Å². The summed E-state index contributed by atoms with van der Waals surface area (Å²) in [6, 6.07) is 18.2. The second kappa shape index (κ2) is 6.58. The van der Waals surface area contributed by atoms with Crippen LogP contribution in [0.4, 0.5) is 0 Å². The number of para-hydroxylation sites is 1. The van der Waals surface area contributed by atoms with Crippen molar-refractivity contribution in [3.63, 3.8) is 0 Å². The molecule has 0 aliphatic carbocycles. The molecule has 0 saturated carbocycles. The van der Waals surface area contributed by atoms with Gasteiger partial charge in [0, 0.05) is 19.7 Å². The number of likely N-dealkylation sites (N-methyl/N-ethyl adjacent to an activating group) is 1. The van der Waals surface area contributed by atoms with E-state index in [1.165, 1.54) is 4.90 Å². The van der Waals surface area contributed by atoms with E-state index in [1.54, 1.807) is 38.4 Å². The van der Waals surface area contributed by atoms with Gasteiger partial charge in [-0.05, 0) is 12.1 Å². The SMILES string of the molecule is CN(C)C(=O)[C@H](Oc1ccccc1C#N)c1ccccc1. The highest BCUT2D eigenvalue weighted by Gasteiger charge is 2.25. The molecule has 2 aromatic rings. The average Bonchev–Trinajstić information content (AvgIpc) is 2.53. The highest BCUT2D eigenvalue weighted by Crippen LogP contribution is 2.26. The Labute approximate surface area is 124 Å². The second-order valence-corrected chi connectivity index (χ2v) is 4.75.